The van der Waals surface area contributed by atoms with Crippen LogP contribution in [0.5, 0.6) is 0 Å². The van der Waals surface area contributed by atoms with Crippen molar-refractivity contribution in [3.8, 4) is 0 Å². The van der Waals surface area contributed by atoms with E-state index in [9.17, 15) is 4.39 Å². The summed E-state index contributed by atoms with van der Waals surface area (Å²) in [7, 11) is 3.77. The van der Waals surface area contributed by atoms with Crippen molar-refractivity contribution in [2.24, 2.45) is 7.05 Å². The quantitative estimate of drug-likeness (QED) is 0.870. The molecule has 6 heteroatoms. The third-order valence-electron chi connectivity index (χ3n) is 2.78. The van der Waals surface area contributed by atoms with Gasteiger partial charge in [0.05, 0.1) is 22.9 Å². The van der Waals surface area contributed by atoms with E-state index in [4.69, 9.17) is 17.3 Å². The number of imidazole rings is 1. The molecule has 1 aromatic heterocycles. The summed E-state index contributed by atoms with van der Waals surface area (Å²) in [5, 5.41) is 0.0610. The SMILES string of the molecule is CN(Cc1nccn1C)c1cc(Cl)c(F)cc1N. The van der Waals surface area contributed by atoms with Gasteiger partial charge in [0.25, 0.3) is 0 Å². The lowest BCUT2D eigenvalue weighted by Crippen LogP contribution is -2.20. The number of nitrogens with zero attached hydrogens (tertiary/aromatic N) is 3. The van der Waals surface area contributed by atoms with Crippen molar-refractivity contribution in [1.82, 2.24) is 9.55 Å². The lowest BCUT2D eigenvalue weighted by molar-refractivity contribution is 0.628. The Kier molecular flexibility index (Phi) is 3.43. The van der Waals surface area contributed by atoms with E-state index in [1.807, 2.05) is 29.8 Å². The first-order valence-electron chi connectivity index (χ1n) is 5.41. The highest BCUT2D eigenvalue weighted by Gasteiger charge is 2.12. The monoisotopic (exact) mass is 268 g/mol. The van der Waals surface area contributed by atoms with Crippen LogP contribution in [0.3, 0.4) is 0 Å². The fourth-order valence-corrected chi connectivity index (χ4v) is 1.89. The molecule has 96 valence electrons. The first-order chi connectivity index (χ1) is 8.49. The minimum Gasteiger partial charge on any atom is -0.397 e. The average Bonchev–Trinajstić information content (AvgIpc) is 2.69. The van der Waals surface area contributed by atoms with Crippen molar-refractivity contribution < 1.29 is 4.39 Å². The van der Waals surface area contributed by atoms with Crippen molar-refractivity contribution in [2.75, 3.05) is 17.7 Å². The van der Waals surface area contributed by atoms with Crippen molar-refractivity contribution in [3.63, 3.8) is 0 Å². The minimum absolute atomic E-state index is 0.0610. The van der Waals surface area contributed by atoms with Gasteiger partial charge in [-0.3, -0.25) is 0 Å². The molecule has 0 amide bonds. The van der Waals surface area contributed by atoms with Gasteiger partial charge < -0.3 is 15.2 Å². The Hall–Kier alpha value is -1.75. The topological polar surface area (TPSA) is 47.1 Å². The molecule has 1 heterocycles. The van der Waals surface area contributed by atoms with Gasteiger partial charge in [0, 0.05) is 32.6 Å². The second kappa shape index (κ2) is 4.86. The largest absolute Gasteiger partial charge is 0.397 e. The molecule has 0 atom stereocenters. The second-order valence-corrected chi connectivity index (χ2v) is 4.54. The van der Waals surface area contributed by atoms with Gasteiger partial charge >= 0.3 is 0 Å². The first kappa shape index (κ1) is 12.7. The maximum atomic E-state index is 13.2. The maximum Gasteiger partial charge on any atom is 0.143 e. The zero-order valence-electron chi connectivity index (χ0n) is 10.2. The molecule has 1 aromatic carbocycles. The van der Waals surface area contributed by atoms with E-state index in [0.717, 1.165) is 5.82 Å². The van der Waals surface area contributed by atoms with Crippen LogP contribution in [-0.2, 0) is 13.6 Å². The fourth-order valence-electron chi connectivity index (χ4n) is 1.73. The molecule has 0 saturated carbocycles. The first-order valence-corrected chi connectivity index (χ1v) is 5.78. The number of hydrogen-bond donors (Lipinski definition) is 1. The molecule has 0 spiro atoms. The van der Waals surface area contributed by atoms with E-state index < -0.39 is 5.82 Å². The Bertz CT molecular complexity index is 567. The van der Waals surface area contributed by atoms with Crippen LogP contribution >= 0.6 is 11.6 Å². The predicted molar refractivity (Wildman–Crippen MR) is 71.1 cm³/mol. The van der Waals surface area contributed by atoms with Gasteiger partial charge in [-0.25, -0.2) is 9.37 Å². The highest BCUT2D eigenvalue weighted by Crippen LogP contribution is 2.29. The molecular formula is C12H14ClFN4. The van der Waals surface area contributed by atoms with Crippen LogP contribution < -0.4 is 10.6 Å². The molecule has 2 rings (SSSR count). The van der Waals surface area contributed by atoms with E-state index in [0.29, 0.717) is 17.9 Å². The van der Waals surface area contributed by atoms with E-state index >= 15 is 0 Å². The summed E-state index contributed by atoms with van der Waals surface area (Å²) in [5.41, 5.74) is 6.83. The molecule has 0 bridgehead atoms. The van der Waals surface area contributed by atoms with Crippen LogP contribution in [0.2, 0.25) is 5.02 Å². The molecule has 0 radical (unpaired) electrons. The van der Waals surface area contributed by atoms with Crippen LogP contribution in [0.4, 0.5) is 15.8 Å². The highest BCUT2D eigenvalue weighted by molar-refractivity contribution is 6.31. The van der Waals surface area contributed by atoms with Crippen LogP contribution in [0.15, 0.2) is 24.5 Å². The van der Waals surface area contributed by atoms with Gasteiger partial charge in [-0.15, -0.1) is 0 Å². The summed E-state index contributed by atoms with van der Waals surface area (Å²) in [4.78, 5) is 6.10. The van der Waals surface area contributed by atoms with Crippen molar-refractivity contribution >= 4 is 23.0 Å². The number of anilines is 2. The molecule has 0 fully saturated rings. The summed E-state index contributed by atoms with van der Waals surface area (Å²) in [6.45, 7) is 0.565. The highest BCUT2D eigenvalue weighted by atomic mass is 35.5. The number of nitrogens with two attached hydrogens (primary N) is 1. The number of rotatable bonds is 3. The van der Waals surface area contributed by atoms with Crippen LogP contribution in [0, 0.1) is 5.82 Å². The summed E-state index contributed by atoms with van der Waals surface area (Å²) in [6, 6.07) is 2.75. The Balaban J connectivity index is 2.26. The predicted octanol–water partition coefficient (Wildman–Crippen LogP) is 2.43. The van der Waals surface area contributed by atoms with Crippen molar-refractivity contribution in [1.29, 1.82) is 0 Å². The number of nitrogen functional groups attached to an aromatic ring is 1. The summed E-state index contributed by atoms with van der Waals surface area (Å²) >= 11 is 5.76. The third kappa shape index (κ3) is 2.41. The molecule has 0 unspecified atom stereocenters. The van der Waals surface area contributed by atoms with Crippen LogP contribution in [-0.4, -0.2) is 16.6 Å². The van der Waals surface area contributed by atoms with Gasteiger partial charge in [0.2, 0.25) is 0 Å². The number of hydrogen-bond acceptors (Lipinski definition) is 3. The Morgan fingerprint density at radius 2 is 2.22 bits per heavy atom. The second-order valence-electron chi connectivity index (χ2n) is 4.14. The number of aryl methyl sites for hydroxylation is 1. The Morgan fingerprint density at radius 3 is 2.83 bits per heavy atom. The fraction of sp³-hybridized carbons (Fsp3) is 0.250. The molecule has 0 aliphatic heterocycles. The van der Waals surface area contributed by atoms with Gasteiger partial charge in [-0.05, 0) is 6.07 Å². The molecule has 0 aliphatic carbocycles. The van der Waals surface area contributed by atoms with E-state index in [1.165, 1.54) is 12.1 Å². The standard InChI is InChI=1S/C12H14ClFN4/c1-17-4-3-16-12(17)7-18(2)11-5-8(13)9(14)6-10(11)15/h3-6H,7,15H2,1-2H3. The van der Waals surface area contributed by atoms with E-state index in [-0.39, 0.29) is 5.02 Å². The average molecular weight is 269 g/mol. The zero-order valence-corrected chi connectivity index (χ0v) is 10.9. The molecule has 2 N–H and O–H groups in total. The molecule has 18 heavy (non-hydrogen) atoms. The Labute approximate surface area is 110 Å². The van der Waals surface area contributed by atoms with Gasteiger partial charge in [0.1, 0.15) is 11.6 Å². The lowest BCUT2D eigenvalue weighted by atomic mass is 10.2. The molecule has 2 aromatic rings. The molecule has 0 aliphatic rings. The van der Waals surface area contributed by atoms with Gasteiger partial charge in [-0.1, -0.05) is 11.6 Å². The van der Waals surface area contributed by atoms with Gasteiger partial charge in [0.15, 0.2) is 0 Å². The summed E-state index contributed by atoms with van der Waals surface area (Å²) < 4.78 is 15.1. The van der Waals surface area contributed by atoms with Crippen molar-refractivity contribution in [3.05, 3.63) is 41.2 Å². The zero-order chi connectivity index (χ0) is 13.3. The lowest BCUT2D eigenvalue weighted by Gasteiger charge is -2.21. The number of halogens is 2. The third-order valence-corrected chi connectivity index (χ3v) is 3.07. The van der Waals surface area contributed by atoms with E-state index in [1.54, 1.807) is 6.20 Å². The van der Waals surface area contributed by atoms with Crippen molar-refractivity contribution in [2.45, 2.75) is 6.54 Å². The van der Waals surface area contributed by atoms with E-state index in [2.05, 4.69) is 4.98 Å². The van der Waals surface area contributed by atoms with Crippen LogP contribution in [0.25, 0.3) is 0 Å². The normalized spacial score (nSPS) is 10.7. The summed E-state index contributed by atoms with van der Waals surface area (Å²) in [5.74, 6) is 0.376. The summed E-state index contributed by atoms with van der Waals surface area (Å²) in [6.07, 6.45) is 3.59. The Morgan fingerprint density at radius 1 is 1.50 bits per heavy atom. The molecular weight excluding hydrogens is 255 g/mol. The number of aromatic nitrogens is 2. The maximum absolute atomic E-state index is 13.2. The minimum atomic E-state index is -0.511. The molecule has 0 saturated heterocycles. The van der Waals surface area contributed by atoms with Crippen LogP contribution in [0.1, 0.15) is 5.82 Å². The number of benzene rings is 1. The van der Waals surface area contributed by atoms with Gasteiger partial charge in [-0.2, -0.15) is 0 Å². The molecule has 4 nitrogen and oxygen atoms in total. The smallest absolute Gasteiger partial charge is 0.143 e.